The summed E-state index contributed by atoms with van der Waals surface area (Å²) in [4.78, 5) is 26.3. The molecule has 0 saturated carbocycles. The van der Waals surface area contributed by atoms with Crippen LogP contribution in [-0.4, -0.2) is 56.2 Å². The lowest BCUT2D eigenvalue weighted by atomic mass is 10.1. The summed E-state index contributed by atoms with van der Waals surface area (Å²) in [6.07, 6.45) is 0.227. The van der Waals surface area contributed by atoms with Crippen LogP contribution in [0.5, 0.6) is 11.5 Å². The molecule has 3 rings (SSSR count). The van der Waals surface area contributed by atoms with Gasteiger partial charge in [-0.1, -0.05) is 0 Å². The van der Waals surface area contributed by atoms with Gasteiger partial charge in [0.2, 0.25) is 11.8 Å². The van der Waals surface area contributed by atoms with Gasteiger partial charge in [0.05, 0.1) is 18.6 Å². The highest BCUT2D eigenvalue weighted by Crippen LogP contribution is 2.33. The number of benzene rings is 1. The first-order chi connectivity index (χ1) is 11.6. The molecule has 0 spiro atoms. The van der Waals surface area contributed by atoms with Crippen LogP contribution in [0.3, 0.4) is 0 Å². The van der Waals surface area contributed by atoms with Crippen LogP contribution in [0.1, 0.15) is 13.3 Å². The highest BCUT2D eigenvalue weighted by atomic mass is 16.6. The molecule has 1 N–H and O–H groups in total. The first kappa shape index (κ1) is 16.6. The molecule has 1 fully saturated rings. The maximum atomic E-state index is 12.5. The summed E-state index contributed by atoms with van der Waals surface area (Å²) in [5.74, 6) is 0.769. The number of amides is 2. The standard InChI is InChI=1S/C17H22N2O5/c1-11(10-22-2)19-9-12(7-16(19)20)17(21)18-13-3-4-14-15(8-13)24-6-5-23-14/h3-4,8,11-12H,5-7,9-10H2,1-2H3,(H,18,21)/t11-,12-/m1/s1. The summed E-state index contributed by atoms with van der Waals surface area (Å²) in [5, 5.41) is 2.86. The molecule has 1 saturated heterocycles. The van der Waals surface area contributed by atoms with Gasteiger partial charge in [0.1, 0.15) is 13.2 Å². The quantitative estimate of drug-likeness (QED) is 0.878. The van der Waals surface area contributed by atoms with Crippen molar-refractivity contribution in [1.82, 2.24) is 4.90 Å². The predicted octanol–water partition coefficient (Wildman–Crippen LogP) is 1.28. The van der Waals surface area contributed by atoms with Gasteiger partial charge in [-0.05, 0) is 19.1 Å². The van der Waals surface area contributed by atoms with Crippen molar-refractivity contribution < 1.29 is 23.8 Å². The molecule has 0 unspecified atom stereocenters. The van der Waals surface area contributed by atoms with E-state index in [9.17, 15) is 9.59 Å². The first-order valence-corrected chi connectivity index (χ1v) is 8.07. The maximum absolute atomic E-state index is 12.5. The van der Waals surface area contributed by atoms with Crippen molar-refractivity contribution in [2.45, 2.75) is 19.4 Å². The molecule has 1 aromatic rings. The number of carbonyl (C=O) groups excluding carboxylic acids is 2. The Hall–Kier alpha value is -2.28. The number of rotatable bonds is 5. The van der Waals surface area contributed by atoms with Crippen LogP contribution in [0.25, 0.3) is 0 Å². The molecule has 2 atom stereocenters. The van der Waals surface area contributed by atoms with Crippen molar-refractivity contribution in [1.29, 1.82) is 0 Å². The van der Waals surface area contributed by atoms with E-state index in [1.807, 2.05) is 6.92 Å². The molecule has 0 aliphatic carbocycles. The van der Waals surface area contributed by atoms with Gasteiger partial charge in [0.25, 0.3) is 0 Å². The molecule has 2 amide bonds. The first-order valence-electron chi connectivity index (χ1n) is 8.07. The van der Waals surface area contributed by atoms with Gasteiger partial charge in [-0.25, -0.2) is 0 Å². The molecule has 0 radical (unpaired) electrons. The molecule has 2 heterocycles. The highest BCUT2D eigenvalue weighted by Gasteiger charge is 2.36. The van der Waals surface area contributed by atoms with E-state index in [-0.39, 0.29) is 30.2 Å². The Balaban J connectivity index is 1.62. The largest absolute Gasteiger partial charge is 0.486 e. The van der Waals surface area contributed by atoms with Crippen molar-refractivity contribution in [3.05, 3.63) is 18.2 Å². The summed E-state index contributed by atoms with van der Waals surface area (Å²) in [7, 11) is 1.60. The summed E-state index contributed by atoms with van der Waals surface area (Å²) >= 11 is 0. The Morgan fingerprint density at radius 1 is 1.38 bits per heavy atom. The van der Waals surface area contributed by atoms with Crippen LogP contribution in [0.15, 0.2) is 18.2 Å². The summed E-state index contributed by atoms with van der Waals surface area (Å²) in [5.41, 5.74) is 0.639. The number of carbonyl (C=O) groups is 2. The number of likely N-dealkylation sites (tertiary alicyclic amines) is 1. The Bertz CT molecular complexity index is 633. The van der Waals surface area contributed by atoms with Crippen LogP contribution < -0.4 is 14.8 Å². The van der Waals surface area contributed by atoms with Gasteiger partial charge in [-0.15, -0.1) is 0 Å². The second-order valence-corrected chi connectivity index (χ2v) is 6.10. The van der Waals surface area contributed by atoms with Gasteiger partial charge < -0.3 is 24.4 Å². The fourth-order valence-electron chi connectivity index (χ4n) is 3.03. The Kier molecular flexibility index (Phi) is 4.89. The van der Waals surface area contributed by atoms with Gasteiger partial charge >= 0.3 is 0 Å². The fourth-order valence-corrected chi connectivity index (χ4v) is 3.03. The topological polar surface area (TPSA) is 77.1 Å². The minimum atomic E-state index is -0.356. The smallest absolute Gasteiger partial charge is 0.229 e. The van der Waals surface area contributed by atoms with Gasteiger partial charge in [0.15, 0.2) is 11.5 Å². The molecule has 130 valence electrons. The number of nitrogens with one attached hydrogen (secondary N) is 1. The van der Waals surface area contributed by atoms with E-state index in [0.29, 0.717) is 43.6 Å². The van der Waals surface area contributed by atoms with Crippen molar-refractivity contribution in [3.63, 3.8) is 0 Å². The molecule has 24 heavy (non-hydrogen) atoms. The SMILES string of the molecule is COC[C@@H](C)N1C[C@H](C(=O)Nc2ccc3c(c2)OCCO3)CC1=O. The fraction of sp³-hybridized carbons (Fsp3) is 0.529. The summed E-state index contributed by atoms with van der Waals surface area (Å²) in [6, 6.07) is 5.26. The van der Waals surface area contributed by atoms with Crippen LogP contribution in [0.4, 0.5) is 5.69 Å². The van der Waals surface area contributed by atoms with Crippen molar-refractivity contribution in [2.24, 2.45) is 5.92 Å². The summed E-state index contributed by atoms with van der Waals surface area (Å²) < 4.78 is 16.1. The molecule has 2 aliphatic rings. The number of methoxy groups -OCH3 is 1. The average molecular weight is 334 g/mol. The van der Waals surface area contributed by atoms with Gasteiger partial charge in [-0.2, -0.15) is 0 Å². The number of anilines is 1. The average Bonchev–Trinajstić information content (AvgIpc) is 2.97. The van der Waals surface area contributed by atoms with E-state index in [1.54, 1.807) is 30.2 Å². The predicted molar refractivity (Wildman–Crippen MR) is 87.2 cm³/mol. The molecule has 7 nitrogen and oxygen atoms in total. The molecule has 0 bridgehead atoms. The normalized spacial score (nSPS) is 20.8. The summed E-state index contributed by atoms with van der Waals surface area (Å²) in [6.45, 7) is 3.82. The van der Waals surface area contributed by atoms with Crippen LogP contribution in [-0.2, 0) is 14.3 Å². The van der Waals surface area contributed by atoms with Crippen molar-refractivity contribution in [3.8, 4) is 11.5 Å². The van der Waals surface area contributed by atoms with E-state index in [2.05, 4.69) is 5.32 Å². The third kappa shape index (κ3) is 3.46. The second-order valence-electron chi connectivity index (χ2n) is 6.10. The Morgan fingerprint density at radius 2 is 2.12 bits per heavy atom. The van der Waals surface area contributed by atoms with E-state index in [1.165, 1.54) is 0 Å². The lowest BCUT2D eigenvalue weighted by molar-refractivity contribution is -0.130. The molecule has 2 aliphatic heterocycles. The highest BCUT2D eigenvalue weighted by molar-refractivity contribution is 5.97. The van der Waals surface area contributed by atoms with Gasteiger partial charge in [0, 0.05) is 31.8 Å². The molecule has 0 aromatic heterocycles. The number of ether oxygens (including phenoxy) is 3. The minimum absolute atomic E-state index is 0.0122. The van der Waals surface area contributed by atoms with E-state index >= 15 is 0 Å². The molecular formula is C17H22N2O5. The minimum Gasteiger partial charge on any atom is -0.486 e. The molecule has 1 aromatic carbocycles. The van der Waals surface area contributed by atoms with Gasteiger partial charge in [-0.3, -0.25) is 9.59 Å². The zero-order valence-electron chi connectivity index (χ0n) is 13.9. The molecule has 7 heteroatoms. The van der Waals surface area contributed by atoms with E-state index < -0.39 is 0 Å². The van der Waals surface area contributed by atoms with E-state index in [0.717, 1.165) is 0 Å². The van der Waals surface area contributed by atoms with Crippen LogP contribution in [0.2, 0.25) is 0 Å². The zero-order chi connectivity index (χ0) is 17.1. The number of nitrogens with zero attached hydrogens (tertiary/aromatic N) is 1. The zero-order valence-corrected chi connectivity index (χ0v) is 13.9. The third-order valence-electron chi connectivity index (χ3n) is 4.28. The molecular weight excluding hydrogens is 312 g/mol. The number of hydrogen-bond acceptors (Lipinski definition) is 5. The third-order valence-corrected chi connectivity index (χ3v) is 4.28. The Morgan fingerprint density at radius 3 is 2.88 bits per heavy atom. The van der Waals surface area contributed by atoms with Crippen LogP contribution in [0, 0.1) is 5.92 Å². The monoisotopic (exact) mass is 334 g/mol. The van der Waals surface area contributed by atoms with E-state index in [4.69, 9.17) is 14.2 Å². The Labute approximate surface area is 140 Å². The number of fused-ring (bicyclic) bond motifs is 1. The maximum Gasteiger partial charge on any atom is 0.229 e. The van der Waals surface area contributed by atoms with Crippen molar-refractivity contribution in [2.75, 3.05) is 38.8 Å². The van der Waals surface area contributed by atoms with Crippen LogP contribution >= 0.6 is 0 Å². The number of hydrogen-bond donors (Lipinski definition) is 1. The lowest BCUT2D eigenvalue weighted by Gasteiger charge is -2.24. The van der Waals surface area contributed by atoms with Crippen molar-refractivity contribution >= 4 is 17.5 Å². The second kappa shape index (κ2) is 7.09. The lowest BCUT2D eigenvalue weighted by Crippen LogP contribution is -2.38.